The van der Waals surface area contributed by atoms with Crippen molar-refractivity contribution in [3.8, 4) is 0 Å². The predicted octanol–water partition coefficient (Wildman–Crippen LogP) is 0.631. The fourth-order valence-electron chi connectivity index (χ4n) is 3.90. The van der Waals surface area contributed by atoms with Gasteiger partial charge in [0.25, 0.3) is 0 Å². The number of aromatic nitrogens is 2. The topological polar surface area (TPSA) is 75.5 Å². The van der Waals surface area contributed by atoms with Crippen LogP contribution in [0.25, 0.3) is 0 Å². The zero-order valence-corrected chi connectivity index (χ0v) is 15.7. The highest BCUT2D eigenvalue weighted by Gasteiger charge is 2.35. The SMILES string of the molecule is CN(CCCn1cccn1)C(=O)C1CCN([C@@H]2CCS(=O)(=O)C2)CC1. The van der Waals surface area contributed by atoms with Gasteiger partial charge in [-0.25, -0.2) is 8.42 Å². The molecule has 7 nitrogen and oxygen atoms in total. The second kappa shape index (κ2) is 7.86. The van der Waals surface area contributed by atoms with Gasteiger partial charge in [0.05, 0.1) is 11.5 Å². The lowest BCUT2D eigenvalue weighted by molar-refractivity contribution is -0.136. The Morgan fingerprint density at radius 2 is 2.04 bits per heavy atom. The monoisotopic (exact) mass is 368 g/mol. The highest BCUT2D eigenvalue weighted by molar-refractivity contribution is 7.91. The molecule has 2 saturated heterocycles. The van der Waals surface area contributed by atoms with Crippen molar-refractivity contribution >= 4 is 15.7 Å². The van der Waals surface area contributed by atoms with Crippen LogP contribution < -0.4 is 0 Å². The number of hydrogen-bond donors (Lipinski definition) is 0. The van der Waals surface area contributed by atoms with Gasteiger partial charge in [0.2, 0.25) is 5.91 Å². The number of sulfone groups is 1. The summed E-state index contributed by atoms with van der Waals surface area (Å²) in [6, 6.07) is 2.06. The van der Waals surface area contributed by atoms with Gasteiger partial charge in [-0.1, -0.05) is 0 Å². The Kier molecular flexibility index (Phi) is 5.78. The first-order chi connectivity index (χ1) is 11.9. The zero-order chi connectivity index (χ0) is 17.9. The van der Waals surface area contributed by atoms with Gasteiger partial charge in [0.1, 0.15) is 0 Å². The van der Waals surface area contributed by atoms with E-state index >= 15 is 0 Å². The molecule has 2 aliphatic heterocycles. The Bertz CT molecular complexity index is 666. The molecule has 3 heterocycles. The minimum absolute atomic E-state index is 0.0731. The van der Waals surface area contributed by atoms with Crippen molar-refractivity contribution in [2.24, 2.45) is 5.92 Å². The van der Waals surface area contributed by atoms with Gasteiger partial charge in [-0.15, -0.1) is 0 Å². The number of aryl methyl sites for hydroxylation is 1. The van der Waals surface area contributed by atoms with Crippen LogP contribution in [0.2, 0.25) is 0 Å². The first-order valence-electron chi connectivity index (χ1n) is 9.11. The van der Waals surface area contributed by atoms with Crippen molar-refractivity contribution < 1.29 is 13.2 Å². The molecule has 3 rings (SSSR count). The maximum Gasteiger partial charge on any atom is 0.225 e. The number of nitrogens with zero attached hydrogens (tertiary/aromatic N) is 4. The molecule has 1 aromatic rings. The van der Waals surface area contributed by atoms with E-state index in [1.807, 2.05) is 28.9 Å². The van der Waals surface area contributed by atoms with Crippen LogP contribution in [-0.4, -0.2) is 78.1 Å². The summed E-state index contributed by atoms with van der Waals surface area (Å²) in [7, 11) is -0.965. The molecule has 25 heavy (non-hydrogen) atoms. The lowest BCUT2D eigenvalue weighted by Crippen LogP contribution is -2.45. The van der Waals surface area contributed by atoms with Crippen LogP contribution in [0.1, 0.15) is 25.7 Å². The minimum Gasteiger partial charge on any atom is -0.345 e. The Balaban J connectivity index is 1.40. The molecule has 0 radical (unpaired) electrons. The van der Waals surface area contributed by atoms with Crippen LogP contribution in [0.15, 0.2) is 18.5 Å². The van der Waals surface area contributed by atoms with Gasteiger partial charge in [-0.05, 0) is 44.8 Å². The third-order valence-corrected chi connectivity index (χ3v) is 7.17. The number of rotatable bonds is 6. The third kappa shape index (κ3) is 4.82. The summed E-state index contributed by atoms with van der Waals surface area (Å²) >= 11 is 0. The average Bonchev–Trinajstić information content (AvgIpc) is 3.23. The molecular weight excluding hydrogens is 340 g/mol. The van der Waals surface area contributed by atoms with E-state index in [0.717, 1.165) is 51.9 Å². The standard InChI is InChI=1S/C17H28N4O3S/c1-19(8-3-10-21-9-2-7-18-21)17(22)15-4-11-20(12-5-15)16-6-13-25(23,24)14-16/h2,7,9,15-16H,3-6,8,10-14H2,1H3/t16-/m1/s1. The van der Waals surface area contributed by atoms with Crippen molar-refractivity contribution in [1.29, 1.82) is 0 Å². The predicted molar refractivity (Wildman–Crippen MR) is 95.8 cm³/mol. The van der Waals surface area contributed by atoms with E-state index in [9.17, 15) is 13.2 Å². The molecule has 1 aromatic heterocycles. The number of likely N-dealkylation sites (tertiary alicyclic amines) is 1. The number of carbonyl (C=O) groups is 1. The summed E-state index contributed by atoms with van der Waals surface area (Å²) in [6.07, 6.45) is 6.99. The van der Waals surface area contributed by atoms with Gasteiger partial charge in [-0.3, -0.25) is 14.4 Å². The summed E-state index contributed by atoms with van der Waals surface area (Å²) in [4.78, 5) is 16.7. The number of hydrogen-bond acceptors (Lipinski definition) is 5. The Morgan fingerprint density at radius 1 is 1.28 bits per heavy atom. The lowest BCUT2D eigenvalue weighted by atomic mass is 9.94. The van der Waals surface area contributed by atoms with Crippen molar-refractivity contribution in [2.75, 3.05) is 38.2 Å². The highest BCUT2D eigenvalue weighted by atomic mass is 32.2. The van der Waals surface area contributed by atoms with Crippen molar-refractivity contribution in [3.05, 3.63) is 18.5 Å². The average molecular weight is 369 g/mol. The molecule has 0 spiro atoms. The van der Waals surface area contributed by atoms with Crippen molar-refractivity contribution in [3.63, 3.8) is 0 Å². The van der Waals surface area contributed by atoms with E-state index in [0.29, 0.717) is 11.5 Å². The Morgan fingerprint density at radius 3 is 2.64 bits per heavy atom. The van der Waals surface area contributed by atoms with Gasteiger partial charge in [0.15, 0.2) is 9.84 Å². The molecule has 0 aliphatic carbocycles. The summed E-state index contributed by atoms with van der Waals surface area (Å²) in [5, 5.41) is 4.17. The first kappa shape index (κ1) is 18.4. The maximum absolute atomic E-state index is 12.6. The summed E-state index contributed by atoms with van der Waals surface area (Å²) in [5.41, 5.74) is 0. The molecule has 2 aliphatic rings. The van der Waals surface area contributed by atoms with Gasteiger partial charge >= 0.3 is 0 Å². The summed E-state index contributed by atoms with van der Waals surface area (Å²) in [6.45, 7) is 3.22. The van der Waals surface area contributed by atoms with E-state index in [4.69, 9.17) is 0 Å². The number of piperidine rings is 1. The van der Waals surface area contributed by atoms with E-state index in [1.54, 1.807) is 6.20 Å². The molecule has 8 heteroatoms. The minimum atomic E-state index is -2.84. The van der Waals surface area contributed by atoms with Crippen molar-refractivity contribution in [2.45, 2.75) is 38.3 Å². The van der Waals surface area contributed by atoms with Crippen LogP contribution in [0.5, 0.6) is 0 Å². The van der Waals surface area contributed by atoms with E-state index in [-0.39, 0.29) is 17.9 Å². The van der Waals surface area contributed by atoms with Crippen LogP contribution in [0.4, 0.5) is 0 Å². The maximum atomic E-state index is 12.6. The summed E-state index contributed by atoms with van der Waals surface area (Å²) < 4.78 is 25.2. The quantitative estimate of drug-likeness (QED) is 0.736. The molecule has 0 aromatic carbocycles. The van der Waals surface area contributed by atoms with Gasteiger partial charge in [-0.2, -0.15) is 5.10 Å². The molecule has 1 amide bonds. The Hall–Kier alpha value is -1.41. The van der Waals surface area contributed by atoms with E-state index in [2.05, 4.69) is 10.00 Å². The van der Waals surface area contributed by atoms with Crippen LogP contribution in [0, 0.1) is 5.92 Å². The lowest BCUT2D eigenvalue weighted by Gasteiger charge is -2.36. The highest BCUT2D eigenvalue weighted by Crippen LogP contribution is 2.25. The van der Waals surface area contributed by atoms with E-state index < -0.39 is 9.84 Å². The third-order valence-electron chi connectivity index (χ3n) is 5.42. The molecular formula is C17H28N4O3S. The Labute approximate surface area is 149 Å². The fourth-order valence-corrected chi connectivity index (χ4v) is 5.66. The first-order valence-corrected chi connectivity index (χ1v) is 10.9. The van der Waals surface area contributed by atoms with Crippen LogP contribution in [-0.2, 0) is 21.2 Å². The molecule has 0 saturated carbocycles. The number of carbonyl (C=O) groups excluding carboxylic acids is 1. The molecule has 1 atom stereocenters. The summed E-state index contributed by atoms with van der Waals surface area (Å²) in [5.74, 6) is 0.900. The fraction of sp³-hybridized carbons (Fsp3) is 0.765. The smallest absolute Gasteiger partial charge is 0.225 e. The van der Waals surface area contributed by atoms with Crippen LogP contribution >= 0.6 is 0 Å². The molecule has 140 valence electrons. The largest absolute Gasteiger partial charge is 0.345 e. The molecule has 0 N–H and O–H groups in total. The molecule has 0 unspecified atom stereocenters. The zero-order valence-electron chi connectivity index (χ0n) is 14.9. The van der Waals surface area contributed by atoms with Crippen molar-refractivity contribution in [1.82, 2.24) is 19.6 Å². The van der Waals surface area contributed by atoms with Gasteiger partial charge < -0.3 is 4.90 Å². The second-order valence-electron chi connectivity index (χ2n) is 7.25. The normalized spacial score (nSPS) is 24.4. The van der Waals surface area contributed by atoms with Crippen LogP contribution in [0.3, 0.4) is 0 Å². The molecule has 2 fully saturated rings. The number of amides is 1. The van der Waals surface area contributed by atoms with E-state index in [1.165, 1.54) is 0 Å². The molecule has 0 bridgehead atoms. The van der Waals surface area contributed by atoms with Gasteiger partial charge in [0, 0.05) is 44.5 Å². The second-order valence-corrected chi connectivity index (χ2v) is 9.48.